The Bertz CT molecular complexity index is 282. The molecule has 0 aromatic heterocycles. The predicted molar refractivity (Wildman–Crippen MR) is 42.7 cm³/mol. The molecule has 0 saturated heterocycles. The predicted octanol–water partition coefficient (Wildman–Crippen LogP) is 0.570. The minimum absolute atomic E-state index is 0.0182. The SMILES string of the molecule is CCN1C=C[N+](C)(C#N)C1C#N. The zero-order chi connectivity index (χ0) is 9.19. The summed E-state index contributed by atoms with van der Waals surface area (Å²) in [6.07, 6.45) is 5.24. The quantitative estimate of drug-likeness (QED) is 0.419. The minimum atomic E-state index is -0.389. The topological polar surface area (TPSA) is 50.8 Å². The lowest BCUT2D eigenvalue weighted by Crippen LogP contribution is -2.46. The molecule has 0 saturated carbocycles. The largest absolute Gasteiger partial charge is 0.316 e. The number of nitrogens with zero attached hydrogens (tertiary/aromatic N) is 4. The highest BCUT2D eigenvalue weighted by atomic mass is 15.5. The van der Waals surface area contributed by atoms with Crippen LogP contribution in [0.4, 0.5) is 0 Å². The minimum Gasteiger partial charge on any atom is -0.311 e. The third-order valence-corrected chi connectivity index (χ3v) is 2.09. The first-order valence-corrected chi connectivity index (χ1v) is 3.80. The van der Waals surface area contributed by atoms with E-state index in [0.717, 1.165) is 6.54 Å². The van der Waals surface area contributed by atoms with E-state index in [1.807, 2.05) is 11.8 Å². The van der Waals surface area contributed by atoms with Gasteiger partial charge in [-0.15, -0.1) is 5.26 Å². The highest BCUT2D eigenvalue weighted by Crippen LogP contribution is 2.21. The van der Waals surface area contributed by atoms with Crippen molar-refractivity contribution in [3.05, 3.63) is 12.4 Å². The van der Waals surface area contributed by atoms with Crippen molar-refractivity contribution in [2.75, 3.05) is 13.6 Å². The van der Waals surface area contributed by atoms with Crippen LogP contribution < -0.4 is 0 Å². The maximum Gasteiger partial charge on any atom is 0.316 e. The Balaban J connectivity index is 2.94. The fourth-order valence-electron chi connectivity index (χ4n) is 1.26. The fraction of sp³-hybridized carbons (Fsp3) is 0.500. The molecule has 0 amide bonds. The van der Waals surface area contributed by atoms with Crippen LogP contribution in [0.1, 0.15) is 6.92 Å². The van der Waals surface area contributed by atoms with E-state index in [-0.39, 0.29) is 10.6 Å². The monoisotopic (exact) mass is 163 g/mol. The molecule has 4 nitrogen and oxygen atoms in total. The van der Waals surface area contributed by atoms with Crippen molar-refractivity contribution < 1.29 is 4.48 Å². The van der Waals surface area contributed by atoms with E-state index in [2.05, 4.69) is 12.3 Å². The third-order valence-electron chi connectivity index (χ3n) is 2.09. The fourth-order valence-corrected chi connectivity index (χ4v) is 1.26. The van der Waals surface area contributed by atoms with Crippen molar-refractivity contribution in [1.29, 1.82) is 10.5 Å². The lowest BCUT2D eigenvalue weighted by Gasteiger charge is -2.24. The van der Waals surface area contributed by atoms with Gasteiger partial charge in [0, 0.05) is 6.54 Å². The second-order valence-corrected chi connectivity index (χ2v) is 2.88. The van der Waals surface area contributed by atoms with Crippen LogP contribution in [0, 0.1) is 22.8 Å². The first kappa shape index (κ1) is 8.58. The van der Waals surface area contributed by atoms with Crippen molar-refractivity contribution in [2.45, 2.75) is 13.1 Å². The zero-order valence-electron chi connectivity index (χ0n) is 7.23. The van der Waals surface area contributed by atoms with Gasteiger partial charge in [0.05, 0.1) is 13.2 Å². The Hall–Kier alpha value is -1.52. The van der Waals surface area contributed by atoms with Crippen LogP contribution in [0.15, 0.2) is 12.4 Å². The lowest BCUT2D eigenvalue weighted by atomic mass is 10.4. The molecule has 1 aliphatic heterocycles. The Kier molecular flexibility index (Phi) is 2.03. The molecule has 0 aromatic carbocycles. The summed E-state index contributed by atoms with van der Waals surface area (Å²) >= 11 is 0. The van der Waals surface area contributed by atoms with Gasteiger partial charge >= 0.3 is 6.19 Å². The van der Waals surface area contributed by atoms with Gasteiger partial charge in [-0.05, 0) is 6.92 Å². The van der Waals surface area contributed by atoms with Gasteiger partial charge in [-0.3, -0.25) is 0 Å². The Morgan fingerprint density at radius 3 is 2.67 bits per heavy atom. The highest BCUT2D eigenvalue weighted by molar-refractivity contribution is 4.99. The summed E-state index contributed by atoms with van der Waals surface area (Å²) in [5.41, 5.74) is 0. The molecule has 2 unspecified atom stereocenters. The number of hydrogen-bond donors (Lipinski definition) is 0. The van der Waals surface area contributed by atoms with Gasteiger partial charge in [-0.1, -0.05) is 0 Å². The van der Waals surface area contributed by atoms with Crippen LogP contribution in [0.5, 0.6) is 0 Å². The molecule has 62 valence electrons. The summed E-state index contributed by atoms with van der Waals surface area (Å²) < 4.78 is 0.0182. The van der Waals surface area contributed by atoms with E-state index in [9.17, 15) is 0 Å². The summed E-state index contributed by atoms with van der Waals surface area (Å²) in [6, 6.07) is 2.12. The van der Waals surface area contributed by atoms with Gasteiger partial charge < -0.3 is 4.90 Å². The van der Waals surface area contributed by atoms with Crippen LogP contribution >= 0.6 is 0 Å². The van der Waals surface area contributed by atoms with Crippen LogP contribution in [0.25, 0.3) is 0 Å². The molecule has 0 fully saturated rings. The normalized spacial score (nSPS) is 33.0. The van der Waals surface area contributed by atoms with Crippen LogP contribution in [-0.2, 0) is 0 Å². The maximum atomic E-state index is 8.84. The number of quaternary nitrogens is 1. The summed E-state index contributed by atoms with van der Waals surface area (Å²) in [6.45, 7) is 2.71. The van der Waals surface area contributed by atoms with E-state index in [1.54, 1.807) is 19.4 Å². The number of hydrogen-bond acceptors (Lipinski definition) is 3. The molecule has 0 radical (unpaired) electrons. The molecule has 0 bridgehead atoms. The first-order chi connectivity index (χ1) is 5.68. The van der Waals surface area contributed by atoms with Gasteiger partial charge in [-0.25, -0.2) is 0 Å². The molecule has 12 heavy (non-hydrogen) atoms. The smallest absolute Gasteiger partial charge is 0.311 e. The average Bonchev–Trinajstić information content (AvgIpc) is 2.43. The van der Waals surface area contributed by atoms with Crippen molar-refractivity contribution in [1.82, 2.24) is 4.90 Å². The Morgan fingerprint density at radius 2 is 2.25 bits per heavy atom. The Morgan fingerprint density at radius 1 is 1.58 bits per heavy atom. The van der Waals surface area contributed by atoms with Crippen LogP contribution in [0.3, 0.4) is 0 Å². The average molecular weight is 163 g/mol. The second kappa shape index (κ2) is 2.84. The summed E-state index contributed by atoms with van der Waals surface area (Å²) in [4.78, 5) is 1.85. The highest BCUT2D eigenvalue weighted by Gasteiger charge is 2.40. The third kappa shape index (κ3) is 1.03. The molecule has 1 heterocycles. The summed E-state index contributed by atoms with van der Waals surface area (Å²) in [7, 11) is 1.72. The molecule has 0 aromatic rings. The van der Waals surface area contributed by atoms with Crippen molar-refractivity contribution in [3.8, 4) is 12.3 Å². The standard InChI is InChI=1S/C8H11N4/c1-3-11-4-5-12(2,7-10)8(11)6-9/h4-5,8H,3H2,1-2H3/q+1. The molecule has 0 aliphatic carbocycles. The first-order valence-electron chi connectivity index (χ1n) is 3.80. The van der Waals surface area contributed by atoms with E-state index in [0.29, 0.717) is 0 Å². The van der Waals surface area contributed by atoms with E-state index >= 15 is 0 Å². The molecular weight excluding hydrogens is 152 g/mol. The molecule has 4 heteroatoms. The molecular formula is C8H11N4+. The molecule has 0 spiro atoms. The zero-order valence-corrected chi connectivity index (χ0v) is 7.23. The van der Waals surface area contributed by atoms with E-state index in [1.165, 1.54) is 0 Å². The molecule has 1 rings (SSSR count). The van der Waals surface area contributed by atoms with Gasteiger partial charge in [0.2, 0.25) is 0 Å². The van der Waals surface area contributed by atoms with Crippen LogP contribution in [0.2, 0.25) is 0 Å². The van der Waals surface area contributed by atoms with Gasteiger partial charge in [0.15, 0.2) is 6.07 Å². The Labute approximate surface area is 72.1 Å². The van der Waals surface area contributed by atoms with E-state index in [4.69, 9.17) is 10.5 Å². The summed E-state index contributed by atoms with van der Waals surface area (Å²) in [5.74, 6) is 0. The second-order valence-electron chi connectivity index (χ2n) is 2.88. The van der Waals surface area contributed by atoms with Gasteiger partial charge in [-0.2, -0.15) is 9.74 Å². The van der Waals surface area contributed by atoms with Gasteiger partial charge in [0.1, 0.15) is 6.20 Å². The van der Waals surface area contributed by atoms with Crippen molar-refractivity contribution in [2.24, 2.45) is 0 Å². The lowest BCUT2D eigenvalue weighted by molar-refractivity contribution is -0.814. The molecule has 1 aliphatic rings. The maximum absolute atomic E-state index is 8.84. The molecule has 0 N–H and O–H groups in total. The summed E-state index contributed by atoms with van der Waals surface area (Å²) in [5, 5.41) is 17.7. The number of nitriles is 2. The van der Waals surface area contributed by atoms with Crippen LogP contribution in [-0.4, -0.2) is 29.1 Å². The number of rotatable bonds is 1. The van der Waals surface area contributed by atoms with Gasteiger partial charge in [0.25, 0.3) is 6.17 Å². The van der Waals surface area contributed by atoms with E-state index < -0.39 is 0 Å². The van der Waals surface area contributed by atoms with Crippen molar-refractivity contribution in [3.63, 3.8) is 0 Å². The van der Waals surface area contributed by atoms with Crippen molar-refractivity contribution >= 4 is 0 Å². The molecule has 2 atom stereocenters.